The van der Waals surface area contributed by atoms with Crippen LogP contribution in [0.2, 0.25) is 0 Å². The molecule has 0 aromatic heterocycles. The summed E-state index contributed by atoms with van der Waals surface area (Å²) in [5, 5.41) is 8.59. The van der Waals surface area contributed by atoms with Gasteiger partial charge in [-0.2, -0.15) is 0 Å². The molecule has 166 valence electrons. The van der Waals surface area contributed by atoms with Crippen molar-refractivity contribution in [2.75, 3.05) is 31.5 Å². The van der Waals surface area contributed by atoms with E-state index in [9.17, 15) is 14.4 Å². The van der Waals surface area contributed by atoms with Gasteiger partial charge in [0.05, 0.1) is 6.54 Å². The lowest BCUT2D eigenvalue weighted by Crippen LogP contribution is -2.47. The van der Waals surface area contributed by atoms with E-state index in [4.69, 9.17) is 4.74 Å². The zero-order chi connectivity index (χ0) is 22.1. The molecule has 1 aliphatic heterocycles. The number of nitrogens with zero attached hydrogens (tertiary/aromatic N) is 1. The summed E-state index contributed by atoms with van der Waals surface area (Å²) >= 11 is 0. The van der Waals surface area contributed by atoms with Crippen molar-refractivity contribution in [3.8, 4) is 0 Å². The molecule has 0 spiro atoms. The van der Waals surface area contributed by atoms with Gasteiger partial charge in [-0.05, 0) is 64.3 Å². The van der Waals surface area contributed by atoms with E-state index in [2.05, 4.69) is 20.9 Å². The van der Waals surface area contributed by atoms with Crippen LogP contribution < -0.4 is 16.0 Å². The molecular formula is C22H34N4O4. The van der Waals surface area contributed by atoms with Crippen molar-refractivity contribution in [3.63, 3.8) is 0 Å². The SMILES string of the molecule is CCCNC(=O)CN1CCC(NC(=O)c2ccc(NC(=O)OC(C)(C)C)cc2)CC1. The van der Waals surface area contributed by atoms with E-state index in [1.54, 1.807) is 45.0 Å². The third kappa shape index (κ3) is 8.41. The van der Waals surface area contributed by atoms with Crippen LogP contribution in [0.5, 0.6) is 0 Å². The van der Waals surface area contributed by atoms with Crippen molar-refractivity contribution < 1.29 is 19.1 Å². The van der Waals surface area contributed by atoms with Crippen LogP contribution in [0.1, 0.15) is 57.3 Å². The number of amides is 3. The van der Waals surface area contributed by atoms with Crippen molar-refractivity contribution in [2.24, 2.45) is 0 Å². The molecule has 1 fully saturated rings. The Kier molecular flexibility index (Phi) is 8.65. The lowest BCUT2D eigenvalue weighted by molar-refractivity contribution is -0.122. The Balaban J connectivity index is 1.76. The van der Waals surface area contributed by atoms with Crippen LogP contribution in [0.3, 0.4) is 0 Å². The lowest BCUT2D eigenvalue weighted by Gasteiger charge is -2.31. The lowest BCUT2D eigenvalue weighted by atomic mass is 10.0. The van der Waals surface area contributed by atoms with Crippen molar-refractivity contribution in [1.29, 1.82) is 0 Å². The molecule has 8 nitrogen and oxygen atoms in total. The highest BCUT2D eigenvalue weighted by Crippen LogP contribution is 2.15. The van der Waals surface area contributed by atoms with Crippen LogP contribution in [0.25, 0.3) is 0 Å². The first-order valence-electron chi connectivity index (χ1n) is 10.6. The number of rotatable bonds is 7. The van der Waals surface area contributed by atoms with Crippen LogP contribution in [-0.4, -0.2) is 60.6 Å². The average molecular weight is 419 g/mol. The van der Waals surface area contributed by atoms with Gasteiger partial charge in [0.1, 0.15) is 5.60 Å². The van der Waals surface area contributed by atoms with Gasteiger partial charge in [-0.25, -0.2) is 4.79 Å². The summed E-state index contributed by atoms with van der Waals surface area (Å²) in [6.45, 7) is 10.1. The van der Waals surface area contributed by atoms with Crippen LogP contribution in [0, 0.1) is 0 Å². The highest BCUT2D eigenvalue weighted by atomic mass is 16.6. The van der Waals surface area contributed by atoms with Crippen LogP contribution >= 0.6 is 0 Å². The van der Waals surface area contributed by atoms with Gasteiger partial charge >= 0.3 is 6.09 Å². The third-order valence-corrected chi connectivity index (χ3v) is 4.65. The molecule has 0 unspecified atom stereocenters. The molecule has 1 heterocycles. The summed E-state index contributed by atoms with van der Waals surface area (Å²) in [6, 6.07) is 6.80. The van der Waals surface area contributed by atoms with E-state index in [1.807, 2.05) is 6.92 Å². The molecule has 0 aliphatic carbocycles. The van der Waals surface area contributed by atoms with Gasteiger partial charge in [0.2, 0.25) is 5.91 Å². The zero-order valence-corrected chi connectivity index (χ0v) is 18.4. The van der Waals surface area contributed by atoms with E-state index in [0.29, 0.717) is 24.3 Å². The number of piperidine rings is 1. The Morgan fingerprint density at radius 2 is 1.73 bits per heavy atom. The average Bonchev–Trinajstić information content (AvgIpc) is 2.67. The van der Waals surface area contributed by atoms with Gasteiger partial charge in [0.25, 0.3) is 5.91 Å². The molecule has 30 heavy (non-hydrogen) atoms. The molecular weight excluding hydrogens is 384 g/mol. The topological polar surface area (TPSA) is 99.8 Å². The first-order chi connectivity index (χ1) is 14.2. The maximum absolute atomic E-state index is 12.5. The molecule has 3 N–H and O–H groups in total. The smallest absolute Gasteiger partial charge is 0.412 e. The summed E-state index contributed by atoms with van der Waals surface area (Å²) < 4.78 is 5.21. The highest BCUT2D eigenvalue weighted by molar-refractivity contribution is 5.95. The second kappa shape index (κ2) is 11.0. The number of ether oxygens (including phenoxy) is 1. The number of benzene rings is 1. The molecule has 2 rings (SSSR count). The number of nitrogens with one attached hydrogen (secondary N) is 3. The van der Waals surface area contributed by atoms with Gasteiger partial charge < -0.3 is 15.4 Å². The van der Waals surface area contributed by atoms with E-state index in [0.717, 1.165) is 32.4 Å². The predicted molar refractivity (Wildman–Crippen MR) is 117 cm³/mol. The minimum atomic E-state index is -0.571. The molecule has 0 radical (unpaired) electrons. The second-order valence-corrected chi connectivity index (χ2v) is 8.58. The number of likely N-dealkylation sites (tertiary alicyclic amines) is 1. The van der Waals surface area contributed by atoms with Gasteiger partial charge in [-0.1, -0.05) is 6.92 Å². The van der Waals surface area contributed by atoms with Gasteiger partial charge in [0, 0.05) is 36.9 Å². The summed E-state index contributed by atoms with van der Waals surface area (Å²) in [7, 11) is 0. The van der Waals surface area contributed by atoms with E-state index in [1.165, 1.54) is 0 Å². The fourth-order valence-corrected chi connectivity index (χ4v) is 3.15. The largest absolute Gasteiger partial charge is 0.444 e. The molecule has 1 aromatic carbocycles. The van der Waals surface area contributed by atoms with Gasteiger partial charge in [-0.15, -0.1) is 0 Å². The van der Waals surface area contributed by atoms with Crippen LogP contribution in [0.4, 0.5) is 10.5 Å². The maximum atomic E-state index is 12.5. The summed E-state index contributed by atoms with van der Waals surface area (Å²) in [5.74, 6) is -0.0858. The Hall–Kier alpha value is -2.61. The quantitative estimate of drug-likeness (QED) is 0.632. The monoisotopic (exact) mass is 418 g/mol. The number of carbonyl (C=O) groups is 3. The number of hydrogen-bond donors (Lipinski definition) is 3. The normalized spacial score (nSPS) is 15.3. The van der Waals surface area contributed by atoms with Crippen molar-refractivity contribution in [2.45, 2.75) is 58.6 Å². The summed E-state index contributed by atoms with van der Waals surface area (Å²) in [5.41, 5.74) is 0.528. The van der Waals surface area contributed by atoms with Crippen LogP contribution in [-0.2, 0) is 9.53 Å². The van der Waals surface area contributed by atoms with Crippen molar-refractivity contribution in [1.82, 2.24) is 15.5 Å². The number of hydrogen-bond acceptors (Lipinski definition) is 5. The Bertz CT molecular complexity index is 720. The molecule has 0 bridgehead atoms. The van der Waals surface area contributed by atoms with Gasteiger partial charge in [0.15, 0.2) is 0 Å². The van der Waals surface area contributed by atoms with E-state index in [-0.39, 0.29) is 17.9 Å². The molecule has 1 aliphatic rings. The highest BCUT2D eigenvalue weighted by Gasteiger charge is 2.22. The molecule has 0 saturated carbocycles. The maximum Gasteiger partial charge on any atom is 0.412 e. The third-order valence-electron chi connectivity index (χ3n) is 4.65. The van der Waals surface area contributed by atoms with Crippen LogP contribution in [0.15, 0.2) is 24.3 Å². The Labute approximate surface area is 178 Å². The minimum absolute atomic E-state index is 0.0550. The molecule has 1 saturated heterocycles. The molecule has 8 heteroatoms. The second-order valence-electron chi connectivity index (χ2n) is 8.58. The fourth-order valence-electron chi connectivity index (χ4n) is 3.15. The zero-order valence-electron chi connectivity index (χ0n) is 18.4. The summed E-state index contributed by atoms with van der Waals surface area (Å²) in [6.07, 6.45) is 2.02. The van der Waals surface area contributed by atoms with Crippen molar-refractivity contribution in [3.05, 3.63) is 29.8 Å². The standard InChI is InChI=1S/C22H34N4O4/c1-5-12-23-19(27)15-26-13-10-18(11-14-26)24-20(28)16-6-8-17(9-7-16)25-21(29)30-22(2,3)4/h6-9,18H,5,10-15H2,1-4H3,(H,23,27)(H,24,28)(H,25,29). The molecule has 3 amide bonds. The van der Waals surface area contributed by atoms with Gasteiger partial charge in [-0.3, -0.25) is 19.8 Å². The molecule has 0 atom stereocenters. The molecule has 1 aromatic rings. The predicted octanol–water partition coefficient (Wildman–Crippen LogP) is 2.75. The fraction of sp³-hybridized carbons (Fsp3) is 0.591. The summed E-state index contributed by atoms with van der Waals surface area (Å²) in [4.78, 5) is 38.3. The van der Waals surface area contributed by atoms with Crippen molar-refractivity contribution >= 4 is 23.6 Å². The Morgan fingerprint density at radius 3 is 2.30 bits per heavy atom. The van der Waals surface area contributed by atoms with E-state index >= 15 is 0 Å². The first kappa shape index (κ1) is 23.7. The van der Waals surface area contributed by atoms with E-state index < -0.39 is 11.7 Å². The Morgan fingerprint density at radius 1 is 1.10 bits per heavy atom. The minimum Gasteiger partial charge on any atom is -0.444 e. The number of carbonyl (C=O) groups excluding carboxylic acids is 3. The first-order valence-corrected chi connectivity index (χ1v) is 10.6. The number of anilines is 1.